The van der Waals surface area contributed by atoms with Gasteiger partial charge in [-0.15, -0.1) is 0 Å². The molecule has 2 N–H and O–H groups in total. The summed E-state index contributed by atoms with van der Waals surface area (Å²) >= 11 is 7.33. The van der Waals surface area contributed by atoms with E-state index in [0.717, 1.165) is 11.8 Å². The second-order valence-electron chi connectivity index (χ2n) is 7.14. The third kappa shape index (κ3) is 5.71. The van der Waals surface area contributed by atoms with Gasteiger partial charge in [-0.05, 0) is 42.8 Å². The van der Waals surface area contributed by atoms with Gasteiger partial charge in [-0.3, -0.25) is 14.4 Å². The van der Waals surface area contributed by atoms with E-state index < -0.39 is 23.7 Å². The lowest BCUT2D eigenvalue weighted by atomic mass is 9.78. The van der Waals surface area contributed by atoms with Crippen LogP contribution in [0.1, 0.15) is 18.4 Å². The van der Waals surface area contributed by atoms with E-state index in [0.29, 0.717) is 28.6 Å². The molecule has 0 saturated heterocycles. The fraction of sp³-hybridized carbons (Fsp3) is 0.250. The number of nitrogens with one attached hydrogen (secondary N) is 2. The number of carbonyl (C=O) groups is 3. The van der Waals surface area contributed by atoms with Crippen LogP contribution < -0.4 is 15.4 Å². The summed E-state index contributed by atoms with van der Waals surface area (Å²) in [6.07, 6.45) is 0. The van der Waals surface area contributed by atoms with Crippen molar-refractivity contribution >= 4 is 46.8 Å². The Morgan fingerprint density at radius 3 is 2.53 bits per heavy atom. The van der Waals surface area contributed by atoms with Gasteiger partial charge in [0.1, 0.15) is 11.7 Å². The maximum atomic E-state index is 12.9. The highest BCUT2D eigenvalue weighted by Crippen LogP contribution is 2.42. The van der Waals surface area contributed by atoms with E-state index in [-0.39, 0.29) is 22.3 Å². The number of halogens is 1. The lowest BCUT2D eigenvalue weighted by Crippen LogP contribution is -2.44. The van der Waals surface area contributed by atoms with E-state index >= 15 is 0 Å². The molecule has 34 heavy (non-hydrogen) atoms. The quantitative estimate of drug-likeness (QED) is 0.418. The normalized spacial score (nSPS) is 17.4. The molecule has 0 spiro atoms. The summed E-state index contributed by atoms with van der Waals surface area (Å²) in [4.78, 5) is 37.8. The van der Waals surface area contributed by atoms with Crippen molar-refractivity contribution in [3.63, 3.8) is 0 Å². The number of methoxy groups -OCH3 is 1. The highest BCUT2D eigenvalue weighted by atomic mass is 35.5. The van der Waals surface area contributed by atoms with Crippen LogP contribution in [0.3, 0.4) is 0 Å². The number of rotatable bonds is 8. The Morgan fingerprint density at radius 2 is 1.91 bits per heavy atom. The Morgan fingerprint density at radius 1 is 1.21 bits per heavy atom. The third-order valence-corrected chi connectivity index (χ3v) is 6.38. The number of nitriles is 1. The van der Waals surface area contributed by atoms with Crippen LogP contribution in [0, 0.1) is 17.2 Å². The molecule has 3 rings (SSSR count). The van der Waals surface area contributed by atoms with Crippen molar-refractivity contribution in [2.45, 2.75) is 12.8 Å². The lowest BCUT2D eigenvalue weighted by Gasteiger charge is -2.31. The maximum absolute atomic E-state index is 12.9. The zero-order valence-corrected chi connectivity index (χ0v) is 20.0. The number of benzene rings is 2. The first kappa shape index (κ1) is 25.1. The van der Waals surface area contributed by atoms with Crippen LogP contribution in [0.15, 0.2) is 59.1 Å². The predicted octanol–water partition coefficient (Wildman–Crippen LogP) is 3.85. The minimum Gasteiger partial charge on any atom is -0.494 e. The summed E-state index contributed by atoms with van der Waals surface area (Å²) in [6, 6.07) is 15.7. The topological polar surface area (TPSA) is 118 Å². The SMILES string of the molecule is CCOc1ccc(NC(=O)CSC2=C(C#N)C(c3ccccc3Cl)C(C(=O)OC)C(=O)N2)cc1. The van der Waals surface area contributed by atoms with E-state index in [4.69, 9.17) is 21.1 Å². The zero-order valence-electron chi connectivity index (χ0n) is 18.5. The van der Waals surface area contributed by atoms with Gasteiger partial charge in [0.05, 0.1) is 36.1 Å². The fourth-order valence-electron chi connectivity index (χ4n) is 3.52. The van der Waals surface area contributed by atoms with E-state index in [9.17, 15) is 19.6 Å². The molecule has 1 aliphatic heterocycles. The summed E-state index contributed by atoms with van der Waals surface area (Å²) in [6.45, 7) is 2.42. The van der Waals surface area contributed by atoms with Crippen LogP contribution in [-0.2, 0) is 19.1 Å². The molecule has 1 heterocycles. The van der Waals surface area contributed by atoms with Crippen LogP contribution in [0.4, 0.5) is 5.69 Å². The Balaban J connectivity index is 1.83. The third-order valence-electron chi connectivity index (χ3n) is 5.02. The number of anilines is 1. The molecule has 0 aliphatic carbocycles. The minimum absolute atomic E-state index is 0.0772. The zero-order chi connectivity index (χ0) is 24.7. The molecule has 1 aliphatic rings. The maximum Gasteiger partial charge on any atom is 0.319 e. The summed E-state index contributed by atoms with van der Waals surface area (Å²) in [5.41, 5.74) is 1.15. The highest BCUT2D eigenvalue weighted by molar-refractivity contribution is 8.03. The first-order valence-electron chi connectivity index (χ1n) is 10.3. The van der Waals surface area contributed by atoms with Gasteiger partial charge in [0.25, 0.3) is 0 Å². The lowest BCUT2D eigenvalue weighted by molar-refractivity contribution is -0.150. The number of thioether (sulfide) groups is 1. The average molecular weight is 500 g/mol. The Kier molecular flexibility index (Phi) is 8.57. The molecule has 176 valence electrons. The molecular weight excluding hydrogens is 478 g/mol. The second-order valence-corrected chi connectivity index (χ2v) is 8.53. The molecule has 2 aromatic carbocycles. The van der Waals surface area contributed by atoms with Crippen LogP contribution in [0.25, 0.3) is 0 Å². The smallest absolute Gasteiger partial charge is 0.319 e. The molecule has 10 heteroatoms. The molecule has 8 nitrogen and oxygen atoms in total. The van der Waals surface area contributed by atoms with Crippen LogP contribution in [-0.4, -0.2) is 37.3 Å². The van der Waals surface area contributed by atoms with Gasteiger partial charge in [-0.1, -0.05) is 41.6 Å². The predicted molar refractivity (Wildman–Crippen MR) is 129 cm³/mol. The molecule has 0 bridgehead atoms. The van der Waals surface area contributed by atoms with E-state index in [1.54, 1.807) is 48.5 Å². The number of esters is 1. The first-order chi connectivity index (χ1) is 16.4. The van der Waals surface area contributed by atoms with E-state index in [2.05, 4.69) is 16.7 Å². The number of carbonyl (C=O) groups excluding carboxylic acids is 3. The Hall–Kier alpha value is -3.48. The molecule has 2 atom stereocenters. The molecule has 0 radical (unpaired) electrons. The summed E-state index contributed by atoms with van der Waals surface area (Å²) < 4.78 is 10.2. The number of nitrogens with zero attached hydrogens (tertiary/aromatic N) is 1. The Labute approximate surface area is 206 Å². The number of ether oxygens (including phenoxy) is 2. The van der Waals surface area contributed by atoms with Crippen molar-refractivity contribution < 1.29 is 23.9 Å². The van der Waals surface area contributed by atoms with Crippen LogP contribution in [0.5, 0.6) is 5.75 Å². The standard InChI is InChI=1S/C24H22ClN3O5S/c1-3-33-15-10-8-14(9-11-15)27-19(29)13-34-23-17(12-26)20(16-6-4-5-7-18(16)25)21(22(30)28-23)24(31)32-2/h4-11,20-21H,3,13H2,1-2H3,(H,27,29)(H,28,30). The summed E-state index contributed by atoms with van der Waals surface area (Å²) in [5, 5.41) is 15.8. The van der Waals surface area contributed by atoms with E-state index in [1.807, 2.05) is 6.92 Å². The fourth-order valence-corrected chi connectivity index (χ4v) is 4.62. The van der Waals surface area contributed by atoms with Crippen molar-refractivity contribution in [3.8, 4) is 11.8 Å². The van der Waals surface area contributed by atoms with Gasteiger partial charge in [0.15, 0.2) is 0 Å². The summed E-state index contributed by atoms with van der Waals surface area (Å²) in [5.74, 6) is -3.38. The highest BCUT2D eigenvalue weighted by Gasteiger charge is 2.45. The van der Waals surface area contributed by atoms with Gasteiger partial charge in [0.2, 0.25) is 11.8 Å². The van der Waals surface area contributed by atoms with Gasteiger partial charge >= 0.3 is 5.97 Å². The van der Waals surface area contributed by atoms with Crippen molar-refractivity contribution in [1.29, 1.82) is 5.26 Å². The number of allylic oxidation sites excluding steroid dienone is 1. The summed E-state index contributed by atoms with van der Waals surface area (Å²) in [7, 11) is 1.17. The van der Waals surface area contributed by atoms with Gasteiger partial charge in [-0.25, -0.2) is 0 Å². The first-order valence-corrected chi connectivity index (χ1v) is 11.7. The van der Waals surface area contributed by atoms with Gasteiger partial charge < -0.3 is 20.1 Å². The monoisotopic (exact) mass is 499 g/mol. The average Bonchev–Trinajstić information content (AvgIpc) is 2.83. The molecule has 2 unspecified atom stereocenters. The number of amides is 2. The van der Waals surface area contributed by atoms with Crippen LogP contribution in [0.2, 0.25) is 5.02 Å². The van der Waals surface area contributed by atoms with Crippen LogP contribution >= 0.6 is 23.4 Å². The van der Waals surface area contributed by atoms with Gasteiger partial charge in [-0.2, -0.15) is 5.26 Å². The molecule has 0 saturated carbocycles. The van der Waals surface area contributed by atoms with Crippen molar-refractivity contribution in [1.82, 2.24) is 5.32 Å². The number of hydrogen-bond acceptors (Lipinski definition) is 7. The molecule has 0 fully saturated rings. The molecular formula is C24H22ClN3O5S. The number of hydrogen-bond donors (Lipinski definition) is 2. The van der Waals surface area contributed by atoms with Crippen molar-refractivity contribution in [2.24, 2.45) is 5.92 Å². The molecule has 0 aromatic heterocycles. The van der Waals surface area contributed by atoms with Crippen molar-refractivity contribution in [2.75, 3.05) is 24.8 Å². The largest absolute Gasteiger partial charge is 0.494 e. The molecule has 2 aromatic rings. The minimum atomic E-state index is -1.29. The van der Waals surface area contributed by atoms with Gasteiger partial charge in [0, 0.05) is 16.6 Å². The van der Waals surface area contributed by atoms with E-state index in [1.165, 1.54) is 7.11 Å². The Bertz CT molecular complexity index is 1160. The van der Waals surface area contributed by atoms with Crippen molar-refractivity contribution in [3.05, 3.63) is 69.7 Å². The molecule has 2 amide bonds. The second kappa shape index (κ2) is 11.6.